The van der Waals surface area contributed by atoms with Gasteiger partial charge >= 0.3 is 6.61 Å². The van der Waals surface area contributed by atoms with Crippen molar-refractivity contribution in [1.82, 2.24) is 25.1 Å². The predicted octanol–water partition coefficient (Wildman–Crippen LogP) is 5.30. The highest BCUT2D eigenvalue weighted by molar-refractivity contribution is 6.31. The second kappa shape index (κ2) is 11.0. The lowest BCUT2D eigenvalue weighted by molar-refractivity contribution is -0.153. The van der Waals surface area contributed by atoms with Crippen molar-refractivity contribution in [1.29, 1.82) is 0 Å². The molecule has 2 heterocycles. The number of nitrogens with zero attached hydrogens (tertiary/aromatic N) is 4. The minimum absolute atomic E-state index is 0.0790. The van der Waals surface area contributed by atoms with Crippen molar-refractivity contribution in [2.45, 2.75) is 39.5 Å². The van der Waals surface area contributed by atoms with Gasteiger partial charge in [0.2, 0.25) is 5.91 Å². The number of fused-ring (bicyclic) bond motifs is 1. The van der Waals surface area contributed by atoms with Crippen molar-refractivity contribution >= 4 is 28.4 Å². The van der Waals surface area contributed by atoms with Crippen molar-refractivity contribution < 1.29 is 27.4 Å². The first kappa shape index (κ1) is 27.3. The highest BCUT2D eigenvalue weighted by atomic mass is 35.5. The maximum atomic E-state index is 14.4. The van der Waals surface area contributed by atoms with Gasteiger partial charge in [-0.2, -0.15) is 13.9 Å². The van der Waals surface area contributed by atoms with Crippen LogP contribution in [-0.4, -0.2) is 38.9 Å². The number of amides is 1. The zero-order valence-electron chi connectivity index (χ0n) is 21.1. The molecule has 0 unspecified atom stereocenters. The lowest BCUT2D eigenvalue weighted by Gasteiger charge is -2.30. The molecule has 2 aromatic heterocycles. The Morgan fingerprint density at radius 2 is 2.00 bits per heavy atom. The van der Waals surface area contributed by atoms with E-state index < -0.39 is 30.5 Å². The number of hydrogen-bond acceptors (Lipinski definition) is 6. The molecule has 8 nitrogen and oxygen atoms in total. The van der Waals surface area contributed by atoms with Crippen LogP contribution in [0.5, 0.6) is 5.75 Å². The Labute approximate surface area is 221 Å². The highest BCUT2D eigenvalue weighted by Crippen LogP contribution is 2.35. The zero-order valence-corrected chi connectivity index (χ0v) is 21.8. The molecule has 4 aromatic rings. The number of carbonyl (C=O) groups is 1. The van der Waals surface area contributed by atoms with Gasteiger partial charge in [-0.25, -0.2) is 19.0 Å². The number of nitrogens with one attached hydrogen (secondary N) is 1. The largest absolute Gasteiger partial charge is 0.487 e. The molecule has 0 aliphatic rings. The fraction of sp³-hybridized carbons (Fsp3) is 0.308. The van der Waals surface area contributed by atoms with Gasteiger partial charge < -0.3 is 14.8 Å². The van der Waals surface area contributed by atoms with Crippen molar-refractivity contribution in [3.63, 3.8) is 0 Å². The first-order chi connectivity index (χ1) is 18.0. The molecule has 0 atom stereocenters. The van der Waals surface area contributed by atoms with Gasteiger partial charge in [0, 0.05) is 29.3 Å². The zero-order chi connectivity index (χ0) is 27.6. The van der Waals surface area contributed by atoms with Crippen molar-refractivity contribution in [3.8, 4) is 17.1 Å². The third kappa shape index (κ3) is 5.89. The summed E-state index contributed by atoms with van der Waals surface area (Å²) in [6.45, 7) is 1.01. The van der Waals surface area contributed by atoms with Crippen LogP contribution in [0.25, 0.3) is 22.3 Å². The molecule has 200 valence electrons. The molecule has 0 bridgehead atoms. The number of aromatic nitrogens is 4. The van der Waals surface area contributed by atoms with E-state index in [0.29, 0.717) is 28.2 Å². The van der Waals surface area contributed by atoms with Crippen molar-refractivity contribution in [3.05, 3.63) is 70.4 Å². The van der Waals surface area contributed by atoms with E-state index in [2.05, 4.69) is 25.1 Å². The molecule has 1 N–H and O–H groups in total. The maximum Gasteiger partial charge on any atom is 0.345 e. The molecule has 0 aliphatic carbocycles. The molecule has 38 heavy (non-hydrogen) atoms. The molecule has 4 rings (SSSR count). The number of ether oxygens (including phenoxy) is 2. The topological polar surface area (TPSA) is 91.2 Å². The number of aryl methyl sites for hydroxylation is 2. The van der Waals surface area contributed by atoms with Gasteiger partial charge in [0.05, 0.1) is 10.6 Å². The second-order valence-electron chi connectivity index (χ2n) is 9.12. The van der Waals surface area contributed by atoms with Gasteiger partial charge in [-0.15, -0.1) is 0 Å². The van der Waals surface area contributed by atoms with E-state index in [1.54, 1.807) is 31.6 Å². The van der Waals surface area contributed by atoms with Crippen LogP contribution < -0.4 is 10.1 Å². The fourth-order valence-corrected chi connectivity index (χ4v) is 4.50. The molecule has 0 radical (unpaired) electrons. The molecular formula is C26H25ClF3N5O3. The lowest BCUT2D eigenvalue weighted by Crippen LogP contribution is -2.43. The Hall–Kier alpha value is -3.70. The van der Waals surface area contributed by atoms with Crippen LogP contribution in [0.3, 0.4) is 0 Å². The molecular weight excluding hydrogens is 523 g/mol. The van der Waals surface area contributed by atoms with Crippen LogP contribution in [0.4, 0.5) is 13.2 Å². The van der Waals surface area contributed by atoms with Gasteiger partial charge in [0.1, 0.15) is 36.6 Å². The van der Waals surface area contributed by atoms with Crippen molar-refractivity contribution in [2.75, 3.05) is 6.61 Å². The second-order valence-corrected chi connectivity index (χ2v) is 9.53. The monoisotopic (exact) mass is 547 g/mol. The first-order valence-electron chi connectivity index (χ1n) is 11.5. The molecule has 12 heteroatoms. The number of alkyl halides is 2. The van der Waals surface area contributed by atoms with Crippen LogP contribution in [0, 0.1) is 12.7 Å². The van der Waals surface area contributed by atoms with Crippen LogP contribution >= 0.6 is 11.6 Å². The Kier molecular flexibility index (Phi) is 7.89. The van der Waals surface area contributed by atoms with Gasteiger partial charge in [-0.05, 0) is 50.6 Å². The molecule has 1 amide bonds. The Bertz CT molecular complexity index is 1490. The van der Waals surface area contributed by atoms with Crippen LogP contribution in [0.15, 0.2) is 42.7 Å². The Morgan fingerprint density at radius 1 is 1.24 bits per heavy atom. The van der Waals surface area contributed by atoms with Crippen molar-refractivity contribution in [2.24, 2.45) is 7.05 Å². The summed E-state index contributed by atoms with van der Waals surface area (Å²) in [6, 6.07) is 9.73. The number of hydrogen-bond donors (Lipinski definition) is 1. The van der Waals surface area contributed by atoms with E-state index in [1.165, 1.54) is 12.4 Å². The lowest BCUT2D eigenvalue weighted by atomic mass is 9.89. The van der Waals surface area contributed by atoms with Crippen LogP contribution in [0.1, 0.15) is 30.7 Å². The number of benzene rings is 2. The molecule has 2 aromatic carbocycles. The number of carbonyl (C=O) groups excluding carboxylic acids is 1. The molecule has 0 fully saturated rings. The summed E-state index contributed by atoms with van der Waals surface area (Å²) in [4.78, 5) is 21.2. The van der Waals surface area contributed by atoms with E-state index in [9.17, 15) is 18.0 Å². The fourth-order valence-electron chi connectivity index (χ4n) is 4.24. The number of para-hydroxylation sites is 1. The van der Waals surface area contributed by atoms with Gasteiger partial charge in [0.25, 0.3) is 0 Å². The van der Waals surface area contributed by atoms with Gasteiger partial charge in [-0.1, -0.05) is 23.7 Å². The summed E-state index contributed by atoms with van der Waals surface area (Å²) in [6.07, 6.45) is 1.47. The standard InChI is InChI=1S/C26H25ClF3N5O3/c1-14-8-17(24-31-13-32-35(24)4)16-6-5-7-21(23(16)33-14)37-11-18-19(9-15(28)10-20(18)27)26(2,3)34-22(36)12-38-25(29)30/h5-10,13,25H,11-12H2,1-4H3,(H,34,36). The van der Waals surface area contributed by atoms with Gasteiger partial charge in [-0.3, -0.25) is 4.79 Å². The number of halogens is 4. The van der Waals surface area contributed by atoms with E-state index in [0.717, 1.165) is 22.7 Å². The van der Waals surface area contributed by atoms with E-state index in [1.807, 2.05) is 25.1 Å². The molecule has 0 aliphatic heterocycles. The number of pyridine rings is 1. The first-order valence-corrected chi connectivity index (χ1v) is 11.9. The maximum absolute atomic E-state index is 14.4. The van der Waals surface area contributed by atoms with E-state index in [4.69, 9.17) is 16.3 Å². The SMILES string of the molecule is Cc1cc(-c2ncnn2C)c2cccc(OCc3c(Cl)cc(F)cc3C(C)(C)NC(=O)COC(F)F)c2n1. The Morgan fingerprint density at radius 3 is 2.68 bits per heavy atom. The Balaban J connectivity index is 1.68. The quantitative estimate of drug-likeness (QED) is 0.306. The van der Waals surface area contributed by atoms with Gasteiger partial charge in [0.15, 0.2) is 5.82 Å². The molecule has 0 spiro atoms. The average Bonchev–Trinajstić information content (AvgIpc) is 3.26. The molecule has 0 saturated carbocycles. The van der Waals surface area contributed by atoms with Crippen LogP contribution in [-0.2, 0) is 28.7 Å². The minimum Gasteiger partial charge on any atom is -0.487 e. The summed E-state index contributed by atoms with van der Waals surface area (Å²) in [5.74, 6) is -0.314. The third-order valence-corrected chi connectivity index (χ3v) is 6.22. The third-order valence-electron chi connectivity index (χ3n) is 5.88. The summed E-state index contributed by atoms with van der Waals surface area (Å²) < 4.78 is 51.0. The smallest absolute Gasteiger partial charge is 0.345 e. The van der Waals surface area contributed by atoms with E-state index in [-0.39, 0.29) is 11.6 Å². The normalized spacial score (nSPS) is 11.8. The number of rotatable bonds is 9. The molecule has 0 saturated heterocycles. The van der Waals surface area contributed by atoms with Crippen LogP contribution in [0.2, 0.25) is 5.02 Å². The predicted molar refractivity (Wildman–Crippen MR) is 135 cm³/mol. The van der Waals surface area contributed by atoms with E-state index >= 15 is 0 Å². The highest BCUT2D eigenvalue weighted by Gasteiger charge is 2.28. The summed E-state index contributed by atoms with van der Waals surface area (Å²) in [7, 11) is 1.79. The summed E-state index contributed by atoms with van der Waals surface area (Å²) in [5, 5.41) is 7.60. The minimum atomic E-state index is -3.09. The summed E-state index contributed by atoms with van der Waals surface area (Å²) >= 11 is 6.41. The summed E-state index contributed by atoms with van der Waals surface area (Å²) in [5.41, 5.74) is 1.68. The average molecular weight is 548 g/mol.